The van der Waals surface area contributed by atoms with Crippen LogP contribution in [0.2, 0.25) is 0 Å². The largest absolute Gasteiger partial charge is 0.313 e. The summed E-state index contributed by atoms with van der Waals surface area (Å²) in [5.74, 6) is 0. The first-order valence-electron chi connectivity index (χ1n) is 6.52. The molecule has 1 N–H and O–H groups in total. The molecule has 0 bridgehead atoms. The fraction of sp³-hybridized carbons (Fsp3) is 1.00. The number of piperidine rings is 1. The minimum atomic E-state index is 0.424. The van der Waals surface area contributed by atoms with Crippen molar-refractivity contribution in [3.63, 3.8) is 0 Å². The van der Waals surface area contributed by atoms with E-state index in [1.165, 1.54) is 38.8 Å². The van der Waals surface area contributed by atoms with E-state index in [4.69, 9.17) is 0 Å². The van der Waals surface area contributed by atoms with Gasteiger partial charge in [-0.1, -0.05) is 20.8 Å². The summed E-state index contributed by atoms with van der Waals surface area (Å²) in [6.07, 6.45) is 5.62. The van der Waals surface area contributed by atoms with Crippen molar-refractivity contribution in [2.75, 3.05) is 19.6 Å². The van der Waals surface area contributed by atoms with Crippen LogP contribution in [0, 0.1) is 5.41 Å². The Labute approximate surface area is 94.4 Å². The van der Waals surface area contributed by atoms with Gasteiger partial charge in [0.2, 0.25) is 0 Å². The number of nitrogens with one attached hydrogen (secondary N) is 1. The SMILES string of the molecule is CC(C)(C)CNC1CCN(C2CC2)CC1. The first-order chi connectivity index (χ1) is 7.04. The maximum Gasteiger partial charge on any atom is 0.00964 e. The van der Waals surface area contributed by atoms with Crippen molar-refractivity contribution in [3.05, 3.63) is 0 Å². The van der Waals surface area contributed by atoms with Crippen molar-refractivity contribution < 1.29 is 0 Å². The van der Waals surface area contributed by atoms with Gasteiger partial charge in [-0.15, -0.1) is 0 Å². The Hall–Kier alpha value is -0.0800. The van der Waals surface area contributed by atoms with Gasteiger partial charge in [0.1, 0.15) is 0 Å². The molecule has 2 nitrogen and oxygen atoms in total. The minimum Gasteiger partial charge on any atom is -0.313 e. The molecule has 1 saturated heterocycles. The zero-order valence-corrected chi connectivity index (χ0v) is 10.6. The van der Waals surface area contributed by atoms with E-state index in [9.17, 15) is 0 Å². The summed E-state index contributed by atoms with van der Waals surface area (Å²) in [6.45, 7) is 10.7. The van der Waals surface area contributed by atoms with E-state index in [0.717, 1.165) is 18.6 Å². The van der Waals surface area contributed by atoms with Gasteiger partial charge in [-0.2, -0.15) is 0 Å². The van der Waals surface area contributed by atoms with Crippen LogP contribution in [0.1, 0.15) is 46.5 Å². The summed E-state index contributed by atoms with van der Waals surface area (Å²) in [4.78, 5) is 2.69. The van der Waals surface area contributed by atoms with Gasteiger partial charge in [-0.3, -0.25) is 0 Å². The van der Waals surface area contributed by atoms with Crippen LogP contribution >= 0.6 is 0 Å². The molecule has 1 aliphatic heterocycles. The first-order valence-corrected chi connectivity index (χ1v) is 6.52. The standard InChI is InChI=1S/C13H26N2/c1-13(2,3)10-14-11-6-8-15(9-7-11)12-4-5-12/h11-12,14H,4-10H2,1-3H3. The van der Waals surface area contributed by atoms with Crippen LogP contribution in [-0.4, -0.2) is 36.6 Å². The van der Waals surface area contributed by atoms with Crippen LogP contribution in [0.25, 0.3) is 0 Å². The highest BCUT2D eigenvalue weighted by Gasteiger charge is 2.31. The van der Waals surface area contributed by atoms with E-state index in [1.54, 1.807) is 0 Å². The highest BCUT2D eigenvalue weighted by atomic mass is 15.2. The highest BCUT2D eigenvalue weighted by molar-refractivity contribution is 4.89. The lowest BCUT2D eigenvalue weighted by molar-refractivity contribution is 0.182. The Kier molecular flexibility index (Phi) is 3.36. The van der Waals surface area contributed by atoms with Crippen molar-refractivity contribution in [1.82, 2.24) is 10.2 Å². The fourth-order valence-electron chi connectivity index (χ4n) is 2.36. The molecule has 0 aromatic rings. The number of hydrogen-bond donors (Lipinski definition) is 1. The summed E-state index contributed by atoms with van der Waals surface area (Å²) < 4.78 is 0. The van der Waals surface area contributed by atoms with Gasteiger partial charge in [0.05, 0.1) is 0 Å². The summed E-state index contributed by atoms with van der Waals surface area (Å²) in [6, 6.07) is 1.74. The van der Waals surface area contributed by atoms with Gasteiger partial charge in [0, 0.05) is 18.6 Å². The predicted octanol–water partition coefficient (Wildman–Crippen LogP) is 2.25. The maximum atomic E-state index is 3.71. The Morgan fingerprint density at radius 2 is 1.67 bits per heavy atom. The number of likely N-dealkylation sites (tertiary alicyclic amines) is 1. The molecule has 1 heterocycles. The molecular formula is C13H26N2. The molecule has 0 amide bonds. The van der Waals surface area contributed by atoms with Crippen molar-refractivity contribution in [3.8, 4) is 0 Å². The van der Waals surface area contributed by atoms with Crippen LogP contribution in [0.15, 0.2) is 0 Å². The topological polar surface area (TPSA) is 15.3 Å². The van der Waals surface area contributed by atoms with E-state index >= 15 is 0 Å². The Balaban J connectivity index is 1.64. The normalized spacial score (nSPS) is 25.8. The van der Waals surface area contributed by atoms with Crippen molar-refractivity contribution >= 4 is 0 Å². The van der Waals surface area contributed by atoms with E-state index in [1.807, 2.05) is 0 Å². The van der Waals surface area contributed by atoms with Gasteiger partial charge < -0.3 is 10.2 Å². The van der Waals surface area contributed by atoms with Gasteiger partial charge in [0.25, 0.3) is 0 Å². The molecule has 1 aliphatic carbocycles. The Morgan fingerprint density at radius 1 is 1.07 bits per heavy atom. The van der Waals surface area contributed by atoms with E-state index < -0.39 is 0 Å². The molecular weight excluding hydrogens is 184 g/mol. The van der Waals surface area contributed by atoms with E-state index in [2.05, 4.69) is 31.0 Å². The predicted molar refractivity (Wildman–Crippen MR) is 65.1 cm³/mol. The highest BCUT2D eigenvalue weighted by Crippen LogP contribution is 2.29. The third kappa shape index (κ3) is 3.76. The summed E-state index contributed by atoms with van der Waals surface area (Å²) >= 11 is 0. The summed E-state index contributed by atoms with van der Waals surface area (Å²) in [7, 11) is 0. The zero-order chi connectivity index (χ0) is 10.9. The molecule has 0 unspecified atom stereocenters. The molecule has 0 atom stereocenters. The van der Waals surface area contributed by atoms with Crippen LogP contribution in [0.3, 0.4) is 0 Å². The second kappa shape index (κ2) is 4.42. The average molecular weight is 210 g/mol. The Morgan fingerprint density at radius 3 is 2.13 bits per heavy atom. The third-order valence-corrected chi connectivity index (χ3v) is 3.51. The van der Waals surface area contributed by atoms with Crippen LogP contribution in [0.5, 0.6) is 0 Å². The average Bonchev–Trinajstić information content (AvgIpc) is 2.98. The second-order valence-corrected chi connectivity index (χ2v) is 6.48. The van der Waals surface area contributed by atoms with E-state index in [-0.39, 0.29) is 0 Å². The van der Waals surface area contributed by atoms with Crippen molar-refractivity contribution in [1.29, 1.82) is 0 Å². The van der Waals surface area contributed by atoms with Gasteiger partial charge in [-0.25, -0.2) is 0 Å². The lowest BCUT2D eigenvalue weighted by Gasteiger charge is -2.34. The number of nitrogens with zero attached hydrogens (tertiary/aromatic N) is 1. The fourth-order valence-corrected chi connectivity index (χ4v) is 2.36. The third-order valence-electron chi connectivity index (χ3n) is 3.51. The first kappa shape index (κ1) is 11.4. The number of rotatable bonds is 3. The molecule has 15 heavy (non-hydrogen) atoms. The molecule has 0 radical (unpaired) electrons. The number of hydrogen-bond acceptors (Lipinski definition) is 2. The zero-order valence-electron chi connectivity index (χ0n) is 10.6. The lowest BCUT2D eigenvalue weighted by atomic mass is 9.95. The van der Waals surface area contributed by atoms with Crippen LogP contribution in [0.4, 0.5) is 0 Å². The molecule has 2 rings (SSSR count). The molecule has 2 fully saturated rings. The van der Waals surface area contributed by atoms with E-state index in [0.29, 0.717) is 5.41 Å². The summed E-state index contributed by atoms with van der Waals surface area (Å²) in [5, 5.41) is 3.71. The monoisotopic (exact) mass is 210 g/mol. The van der Waals surface area contributed by atoms with Crippen molar-refractivity contribution in [2.24, 2.45) is 5.41 Å². The summed E-state index contributed by atoms with van der Waals surface area (Å²) in [5.41, 5.74) is 0.424. The van der Waals surface area contributed by atoms with Gasteiger partial charge in [-0.05, 0) is 44.2 Å². The minimum absolute atomic E-state index is 0.424. The van der Waals surface area contributed by atoms with Crippen LogP contribution < -0.4 is 5.32 Å². The molecule has 0 spiro atoms. The molecule has 0 aromatic heterocycles. The molecule has 0 aromatic carbocycles. The van der Waals surface area contributed by atoms with Gasteiger partial charge >= 0.3 is 0 Å². The quantitative estimate of drug-likeness (QED) is 0.768. The van der Waals surface area contributed by atoms with Gasteiger partial charge in [0.15, 0.2) is 0 Å². The van der Waals surface area contributed by atoms with Crippen molar-refractivity contribution in [2.45, 2.75) is 58.5 Å². The maximum absolute atomic E-state index is 3.71. The lowest BCUT2D eigenvalue weighted by Crippen LogP contribution is -2.45. The smallest absolute Gasteiger partial charge is 0.00964 e. The molecule has 2 heteroatoms. The molecule has 1 saturated carbocycles. The van der Waals surface area contributed by atoms with Crippen LogP contribution in [-0.2, 0) is 0 Å². The molecule has 2 aliphatic rings. The molecule has 88 valence electrons. The second-order valence-electron chi connectivity index (χ2n) is 6.48. The Bertz CT molecular complexity index is 195.